The van der Waals surface area contributed by atoms with Gasteiger partial charge in [0.2, 0.25) is 11.8 Å². The van der Waals surface area contributed by atoms with Gasteiger partial charge in [0.05, 0.1) is 6.04 Å². The lowest BCUT2D eigenvalue weighted by atomic mass is 10.0. The van der Waals surface area contributed by atoms with Gasteiger partial charge in [0, 0.05) is 23.7 Å². The fraction of sp³-hybridized carbons (Fsp3) is 0.286. The van der Waals surface area contributed by atoms with Crippen molar-refractivity contribution in [2.24, 2.45) is 0 Å². The molecule has 1 aromatic rings. The first-order valence-corrected chi connectivity index (χ1v) is 6.46. The highest BCUT2D eigenvalue weighted by Gasteiger charge is 2.35. The molecule has 0 radical (unpaired) electrons. The summed E-state index contributed by atoms with van der Waals surface area (Å²) >= 11 is 3.35. The van der Waals surface area contributed by atoms with Gasteiger partial charge in [0.1, 0.15) is 0 Å². The van der Waals surface area contributed by atoms with Gasteiger partial charge in [-0.15, -0.1) is 12.3 Å². The lowest BCUT2D eigenvalue weighted by Crippen LogP contribution is -2.33. The standard InChI is InChI=1S/C14H12BrNO2/c1-2-3-12(10-4-6-11(15)7-5-10)16-13(17)8-9-14(16)18/h1,4-7,12H,3,8-9H2. The number of benzene rings is 1. The molecule has 92 valence electrons. The summed E-state index contributed by atoms with van der Waals surface area (Å²) in [5.74, 6) is 2.27. The predicted octanol–water partition coefficient (Wildman–Crippen LogP) is 2.66. The summed E-state index contributed by atoms with van der Waals surface area (Å²) in [5, 5.41) is 0. The molecule has 0 spiro atoms. The van der Waals surface area contributed by atoms with E-state index < -0.39 is 0 Å². The van der Waals surface area contributed by atoms with Gasteiger partial charge < -0.3 is 0 Å². The maximum Gasteiger partial charge on any atom is 0.230 e. The molecule has 18 heavy (non-hydrogen) atoms. The van der Waals surface area contributed by atoms with Crippen molar-refractivity contribution >= 4 is 27.7 Å². The van der Waals surface area contributed by atoms with Crippen molar-refractivity contribution in [1.82, 2.24) is 4.90 Å². The van der Waals surface area contributed by atoms with Crippen LogP contribution in [0.1, 0.15) is 30.9 Å². The molecular formula is C14H12BrNO2. The monoisotopic (exact) mass is 305 g/mol. The number of hydrogen-bond acceptors (Lipinski definition) is 2. The third-order valence-corrected chi connectivity index (χ3v) is 3.50. The molecule has 1 aliphatic rings. The summed E-state index contributed by atoms with van der Waals surface area (Å²) < 4.78 is 0.949. The number of carbonyl (C=O) groups is 2. The Hall–Kier alpha value is -1.60. The minimum Gasteiger partial charge on any atom is -0.274 e. The van der Waals surface area contributed by atoms with Gasteiger partial charge in [0.25, 0.3) is 0 Å². The molecule has 1 fully saturated rings. The molecule has 1 atom stereocenters. The number of rotatable bonds is 3. The topological polar surface area (TPSA) is 37.4 Å². The van der Waals surface area contributed by atoms with Gasteiger partial charge >= 0.3 is 0 Å². The highest BCUT2D eigenvalue weighted by Crippen LogP contribution is 2.30. The highest BCUT2D eigenvalue weighted by atomic mass is 79.9. The van der Waals surface area contributed by atoms with E-state index >= 15 is 0 Å². The van der Waals surface area contributed by atoms with Crippen molar-refractivity contribution < 1.29 is 9.59 Å². The Balaban J connectivity index is 2.34. The Morgan fingerprint density at radius 3 is 2.28 bits per heavy atom. The zero-order valence-corrected chi connectivity index (χ0v) is 11.3. The summed E-state index contributed by atoms with van der Waals surface area (Å²) in [5.41, 5.74) is 0.889. The van der Waals surface area contributed by atoms with E-state index in [1.807, 2.05) is 24.3 Å². The molecular weight excluding hydrogens is 294 g/mol. The van der Waals surface area contributed by atoms with Crippen LogP contribution in [0.3, 0.4) is 0 Å². The number of likely N-dealkylation sites (tertiary alicyclic amines) is 1. The molecule has 2 rings (SSSR count). The van der Waals surface area contributed by atoms with Crippen molar-refractivity contribution in [2.75, 3.05) is 0 Å². The number of terminal acetylenes is 1. The van der Waals surface area contributed by atoms with Gasteiger partial charge in [-0.25, -0.2) is 0 Å². The molecule has 0 N–H and O–H groups in total. The molecule has 1 unspecified atom stereocenters. The number of carbonyl (C=O) groups excluding carboxylic acids is 2. The number of amides is 2. The molecule has 3 nitrogen and oxygen atoms in total. The zero-order chi connectivity index (χ0) is 13.1. The van der Waals surface area contributed by atoms with Gasteiger partial charge in [-0.3, -0.25) is 14.5 Å². The molecule has 0 aromatic heterocycles. The smallest absolute Gasteiger partial charge is 0.230 e. The van der Waals surface area contributed by atoms with E-state index in [1.54, 1.807) is 0 Å². The highest BCUT2D eigenvalue weighted by molar-refractivity contribution is 9.10. The average molecular weight is 306 g/mol. The van der Waals surface area contributed by atoms with Crippen LogP contribution in [0, 0.1) is 12.3 Å². The zero-order valence-electron chi connectivity index (χ0n) is 9.73. The Labute approximate surface area is 114 Å². The Kier molecular flexibility index (Phi) is 3.83. The second-order valence-electron chi connectivity index (χ2n) is 4.13. The number of hydrogen-bond donors (Lipinski definition) is 0. The average Bonchev–Trinajstić information content (AvgIpc) is 2.68. The molecule has 0 saturated carbocycles. The SMILES string of the molecule is C#CCC(c1ccc(Br)cc1)N1C(=O)CCC1=O. The molecule has 0 aliphatic carbocycles. The van der Waals surface area contributed by atoms with E-state index in [0.717, 1.165) is 10.0 Å². The minimum atomic E-state index is -0.342. The quantitative estimate of drug-likeness (QED) is 0.636. The molecule has 4 heteroatoms. The third kappa shape index (κ3) is 2.46. The van der Waals surface area contributed by atoms with Crippen LogP contribution in [-0.4, -0.2) is 16.7 Å². The minimum absolute atomic E-state index is 0.136. The van der Waals surface area contributed by atoms with Crippen LogP contribution in [-0.2, 0) is 9.59 Å². The van der Waals surface area contributed by atoms with Crippen LogP contribution in [0.15, 0.2) is 28.7 Å². The van der Waals surface area contributed by atoms with Crippen LogP contribution in [0.5, 0.6) is 0 Å². The van der Waals surface area contributed by atoms with Gasteiger partial charge in [-0.2, -0.15) is 0 Å². The van der Waals surface area contributed by atoms with E-state index in [1.165, 1.54) is 4.90 Å². The van der Waals surface area contributed by atoms with Crippen molar-refractivity contribution in [2.45, 2.75) is 25.3 Å². The van der Waals surface area contributed by atoms with Gasteiger partial charge in [-0.1, -0.05) is 28.1 Å². The normalized spacial score (nSPS) is 16.8. The lowest BCUT2D eigenvalue weighted by molar-refractivity contribution is -0.141. The first-order valence-electron chi connectivity index (χ1n) is 5.67. The second kappa shape index (κ2) is 5.36. The van der Waals surface area contributed by atoms with E-state index in [-0.39, 0.29) is 30.7 Å². The van der Waals surface area contributed by atoms with Crippen LogP contribution < -0.4 is 0 Å². The summed E-state index contributed by atoms with van der Waals surface area (Å²) in [6.45, 7) is 0. The molecule has 2 amide bonds. The molecule has 1 heterocycles. The lowest BCUT2D eigenvalue weighted by Gasteiger charge is -2.25. The maximum atomic E-state index is 11.8. The first kappa shape index (κ1) is 12.8. The van der Waals surface area contributed by atoms with E-state index in [0.29, 0.717) is 6.42 Å². The largest absolute Gasteiger partial charge is 0.274 e. The number of imide groups is 1. The molecule has 1 saturated heterocycles. The van der Waals surface area contributed by atoms with Crippen LogP contribution >= 0.6 is 15.9 Å². The molecule has 1 aliphatic heterocycles. The van der Waals surface area contributed by atoms with Crippen LogP contribution in [0.25, 0.3) is 0 Å². The van der Waals surface area contributed by atoms with E-state index in [4.69, 9.17) is 6.42 Å². The summed E-state index contributed by atoms with van der Waals surface area (Å²) in [6, 6.07) is 7.18. The van der Waals surface area contributed by atoms with Crippen molar-refractivity contribution in [3.05, 3.63) is 34.3 Å². The second-order valence-corrected chi connectivity index (χ2v) is 5.05. The Morgan fingerprint density at radius 1 is 1.22 bits per heavy atom. The van der Waals surface area contributed by atoms with Crippen LogP contribution in [0.2, 0.25) is 0 Å². The maximum absolute atomic E-state index is 11.8. The molecule has 1 aromatic carbocycles. The fourth-order valence-corrected chi connectivity index (χ4v) is 2.36. The van der Waals surface area contributed by atoms with Crippen LogP contribution in [0.4, 0.5) is 0 Å². The summed E-state index contributed by atoms with van der Waals surface area (Å²) in [6.07, 6.45) is 6.27. The van der Waals surface area contributed by atoms with E-state index in [2.05, 4.69) is 21.9 Å². The summed E-state index contributed by atoms with van der Waals surface area (Å²) in [7, 11) is 0. The number of halogens is 1. The van der Waals surface area contributed by atoms with Crippen molar-refractivity contribution in [1.29, 1.82) is 0 Å². The first-order chi connectivity index (χ1) is 8.63. The van der Waals surface area contributed by atoms with Gasteiger partial charge in [-0.05, 0) is 17.7 Å². The predicted molar refractivity (Wildman–Crippen MR) is 71.4 cm³/mol. The van der Waals surface area contributed by atoms with E-state index in [9.17, 15) is 9.59 Å². The summed E-state index contributed by atoms with van der Waals surface area (Å²) in [4.78, 5) is 24.8. The third-order valence-electron chi connectivity index (χ3n) is 2.97. The number of nitrogens with zero attached hydrogens (tertiary/aromatic N) is 1. The Bertz CT molecular complexity index is 500. The van der Waals surface area contributed by atoms with Crippen molar-refractivity contribution in [3.8, 4) is 12.3 Å². The fourth-order valence-electron chi connectivity index (χ4n) is 2.10. The molecule has 0 bridgehead atoms. The Morgan fingerprint density at radius 2 is 1.78 bits per heavy atom. The van der Waals surface area contributed by atoms with Gasteiger partial charge in [0.15, 0.2) is 0 Å². The van der Waals surface area contributed by atoms with Crippen molar-refractivity contribution in [3.63, 3.8) is 0 Å².